The molecule has 0 amide bonds. The van der Waals surface area contributed by atoms with Gasteiger partial charge in [-0.1, -0.05) is 0 Å². The highest BCUT2D eigenvalue weighted by atomic mass is 14.6. The van der Waals surface area contributed by atoms with Gasteiger partial charge in [0.25, 0.3) is 0 Å². The standard InChI is InChI=1S/C12H7N2/c1-3-13-7-11-6-12-8-14-4-2-10(12)5-9(1)11/h1-7H. The van der Waals surface area contributed by atoms with Crippen molar-refractivity contribution >= 4 is 21.5 Å². The third-order valence-corrected chi connectivity index (χ3v) is 2.32. The maximum atomic E-state index is 4.09. The zero-order valence-corrected chi connectivity index (χ0v) is 7.44. The summed E-state index contributed by atoms with van der Waals surface area (Å²) in [7, 11) is 0. The van der Waals surface area contributed by atoms with Gasteiger partial charge in [-0.2, -0.15) is 0 Å². The normalized spacial score (nSPS) is 10.9. The van der Waals surface area contributed by atoms with E-state index in [2.05, 4.69) is 28.3 Å². The van der Waals surface area contributed by atoms with E-state index in [1.807, 2.05) is 18.3 Å². The summed E-state index contributed by atoms with van der Waals surface area (Å²) >= 11 is 0. The molecule has 2 nitrogen and oxygen atoms in total. The van der Waals surface area contributed by atoms with Crippen molar-refractivity contribution in [2.45, 2.75) is 0 Å². The van der Waals surface area contributed by atoms with Gasteiger partial charge in [0.05, 0.1) is 6.20 Å². The van der Waals surface area contributed by atoms with Crippen LogP contribution in [-0.2, 0) is 0 Å². The fourth-order valence-electron chi connectivity index (χ4n) is 1.61. The van der Waals surface area contributed by atoms with Gasteiger partial charge in [0.1, 0.15) is 0 Å². The highest BCUT2D eigenvalue weighted by Crippen LogP contribution is 2.20. The van der Waals surface area contributed by atoms with Crippen LogP contribution in [0.4, 0.5) is 0 Å². The number of pyridine rings is 2. The maximum absolute atomic E-state index is 4.09. The molecule has 14 heavy (non-hydrogen) atoms. The third kappa shape index (κ3) is 1.04. The minimum Gasteiger partial charge on any atom is -0.264 e. The number of hydrogen-bond acceptors (Lipinski definition) is 2. The van der Waals surface area contributed by atoms with Gasteiger partial charge in [0, 0.05) is 29.4 Å². The van der Waals surface area contributed by atoms with Crippen LogP contribution < -0.4 is 0 Å². The Bertz CT molecular complexity index is 497. The quantitative estimate of drug-likeness (QED) is 0.496. The van der Waals surface area contributed by atoms with Gasteiger partial charge in [0.2, 0.25) is 0 Å². The third-order valence-electron chi connectivity index (χ3n) is 2.32. The van der Waals surface area contributed by atoms with E-state index >= 15 is 0 Å². The maximum Gasteiger partial charge on any atom is 0.0971 e. The van der Waals surface area contributed by atoms with Crippen LogP contribution in [-0.4, -0.2) is 9.97 Å². The second-order valence-electron chi connectivity index (χ2n) is 3.22. The van der Waals surface area contributed by atoms with Crippen molar-refractivity contribution < 1.29 is 0 Å². The summed E-state index contributed by atoms with van der Waals surface area (Å²) in [4.78, 5) is 8.06. The van der Waals surface area contributed by atoms with E-state index in [4.69, 9.17) is 0 Å². The molecule has 0 saturated heterocycles. The van der Waals surface area contributed by atoms with Gasteiger partial charge >= 0.3 is 0 Å². The predicted molar refractivity (Wildman–Crippen MR) is 55.9 cm³/mol. The first-order valence-electron chi connectivity index (χ1n) is 4.44. The van der Waals surface area contributed by atoms with Gasteiger partial charge in [-0.3, -0.25) is 9.97 Å². The molecule has 0 aliphatic rings. The monoisotopic (exact) mass is 179 g/mol. The van der Waals surface area contributed by atoms with Crippen LogP contribution in [0.5, 0.6) is 0 Å². The summed E-state index contributed by atoms with van der Waals surface area (Å²) in [6.45, 7) is 0. The minimum atomic E-state index is 1.04. The van der Waals surface area contributed by atoms with Crippen LogP contribution in [0.2, 0.25) is 0 Å². The Hall–Kier alpha value is -1.96. The molecule has 1 aromatic carbocycles. The van der Waals surface area contributed by atoms with Gasteiger partial charge in [-0.05, 0) is 35.0 Å². The number of aromatic nitrogens is 2. The molecule has 2 heterocycles. The summed E-state index contributed by atoms with van der Waals surface area (Å²) in [5.74, 6) is 0. The lowest BCUT2D eigenvalue weighted by Crippen LogP contribution is -1.79. The lowest BCUT2D eigenvalue weighted by atomic mass is 10.1. The van der Waals surface area contributed by atoms with Crippen LogP contribution >= 0.6 is 0 Å². The lowest BCUT2D eigenvalue weighted by molar-refractivity contribution is 1.34. The first-order chi connectivity index (χ1) is 6.93. The van der Waals surface area contributed by atoms with E-state index in [1.165, 1.54) is 10.8 Å². The lowest BCUT2D eigenvalue weighted by Gasteiger charge is -1.99. The summed E-state index contributed by atoms with van der Waals surface area (Å²) in [6, 6.07) is 8.19. The van der Waals surface area contributed by atoms with Crippen molar-refractivity contribution in [3.05, 3.63) is 49.1 Å². The molecule has 3 aromatic rings. The zero-order valence-electron chi connectivity index (χ0n) is 7.44. The van der Waals surface area contributed by atoms with Gasteiger partial charge < -0.3 is 0 Å². The summed E-state index contributed by atoms with van der Waals surface area (Å²) in [5.41, 5.74) is 0. The van der Waals surface area contributed by atoms with Crippen LogP contribution in [0.1, 0.15) is 0 Å². The van der Waals surface area contributed by atoms with Crippen LogP contribution in [0.15, 0.2) is 42.9 Å². The molecular formula is C12H7N2. The summed E-state index contributed by atoms with van der Waals surface area (Å²) < 4.78 is 0. The molecule has 2 aromatic heterocycles. The van der Waals surface area contributed by atoms with Crippen molar-refractivity contribution in [1.29, 1.82) is 0 Å². The summed E-state index contributed by atoms with van der Waals surface area (Å²) in [6.07, 6.45) is 8.39. The molecule has 1 radical (unpaired) electrons. The Morgan fingerprint density at radius 1 is 0.929 bits per heavy atom. The minimum absolute atomic E-state index is 1.04. The molecule has 3 rings (SSSR count). The molecular weight excluding hydrogens is 172 g/mol. The largest absolute Gasteiger partial charge is 0.264 e. The van der Waals surface area contributed by atoms with Crippen LogP contribution in [0.25, 0.3) is 21.5 Å². The van der Waals surface area contributed by atoms with E-state index in [0.29, 0.717) is 0 Å². The van der Waals surface area contributed by atoms with Crippen molar-refractivity contribution in [1.82, 2.24) is 9.97 Å². The first-order valence-corrected chi connectivity index (χ1v) is 4.44. The molecule has 0 aliphatic carbocycles. The van der Waals surface area contributed by atoms with Gasteiger partial charge in [0.15, 0.2) is 0 Å². The van der Waals surface area contributed by atoms with Crippen molar-refractivity contribution in [3.8, 4) is 0 Å². The average Bonchev–Trinajstić information content (AvgIpc) is 2.26. The smallest absolute Gasteiger partial charge is 0.0971 e. The predicted octanol–water partition coefficient (Wildman–Crippen LogP) is 2.58. The summed E-state index contributed by atoms with van der Waals surface area (Å²) in [5, 5.41) is 4.53. The van der Waals surface area contributed by atoms with E-state index < -0.39 is 0 Å². The van der Waals surface area contributed by atoms with E-state index in [1.54, 1.807) is 12.4 Å². The molecule has 0 N–H and O–H groups in total. The number of nitrogens with zero attached hydrogens (tertiary/aromatic N) is 2. The second kappa shape index (κ2) is 2.77. The Kier molecular flexibility index (Phi) is 1.47. The SMILES string of the molecule is [c]1nccc2cc3ccncc3cc12. The number of benzene rings is 1. The molecule has 65 valence electrons. The molecule has 0 aliphatic heterocycles. The molecule has 2 heteroatoms. The Balaban J connectivity index is 2.52. The van der Waals surface area contributed by atoms with Crippen molar-refractivity contribution in [2.75, 3.05) is 0 Å². The number of hydrogen-bond donors (Lipinski definition) is 0. The van der Waals surface area contributed by atoms with E-state index in [0.717, 1.165) is 10.8 Å². The molecule has 0 atom stereocenters. The molecule has 0 spiro atoms. The first kappa shape index (κ1) is 7.44. The van der Waals surface area contributed by atoms with Crippen LogP contribution in [0, 0.1) is 6.20 Å². The zero-order chi connectivity index (χ0) is 9.38. The van der Waals surface area contributed by atoms with Gasteiger partial charge in [-0.25, -0.2) is 0 Å². The van der Waals surface area contributed by atoms with Crippen molar-refractivity contribution in [2.24, 2.45) is 0 Å². The fraction of sp³-hybridized carbons (Fsp3) is 0. The highest BCUT2D eigenvalue weighted by Gasteiger charge is 1.96. The fourth-order valence-corrected chi connectivity index (χ4v) is 1.61. The molecule has 0 unspecified atom stereocenters. The highest BCUT2D eigenvalue weighted by molar-refractivity contribution is 5.96. The topological polar surface area (TPSA) is 25.8 Å². The Morgan fingerprint density at radius 2 is 1.86 bits per heavy atom. The Labute approximate surface area is 81.2 Å². The molecule has 0 bridgehead atoms. The number of rotatable bonds is 0. The molecule has 0 fully saturated rings. The van der Waals surface area contributed by atoms with Crippen molar-refractivity contribution in [3.63, 3.8) is 0 Å². The van der Waals surface area contributed by atoms with Gasteiger partial charge in [-0.15, -0.1) is 0 Å². The van der Waals surface area contributed by atoms with Crippen LogP contribution in [0.3, 0.4) is 0 Å². The molecule has 0 saturated carbocycles. The van der Waals surface area contributed by atoms with E-state index in [9.17, 15) is 0 Å². The Morgan fingerprint density at radius 3 is 2.86 bits per heavy atom. The number of fused-ring (bicyclic) bond motifs is 2. The second-order valence-corrected chi connectivity index (χ2v) is 3.22. The van der Waals surface area contributed by atoms with E-state index in [-0.39, 0.29) is 0 Å². The average molecular weight is 179 g/mol.